The number of halogens is 1. The van der Waals surface area contributed by atoms with Gasteiger partial charge in [-0.3, -0.25) is 0 Å². The molecule has 0 radical (unpaired) electrons. The lowest BCUT2D eigenvalue weighted by molar-refractivity contribution is 0.277. The van der Waals surface area contributed by atoms with Crippen molar-refractivity contribution in [3.63, 3.8) is 0 Å². The van der Waals surface area contributed by atoms with E-state index in [1.54, 1.807) is 7.11 Å². The van der Waals surface area contributed by atoms with Crippen molar-refractivity contribution in [3.8, 4) is 11.5 Å². The Hall–Kier alpha value is -3.61. The molecular weight excluding hydrogens is 457 g/mol. The molecule has 3 aliphatic rings. The number of methoxy groups -OCH3 is 1. The molecule has 7 heteroatoms. The Morgan fingerprint density at radius 1 is 1.31 bits per heavy atom. The summed E-state index contributed by atoms with van der Waals surface area (Å²) in [6.45, 7) is 5.05. The fourth-order valence-electron chi connectivity index (χ4n) is 4.95. The molecular formula is C29H34FN3O3. The first kappa shape index (κ1) is 24.1. The Balaban J connectivity index is 1.47. The molecule has 6 nitrogen and oxygen atoms in total. The van der Waals surface area contributed by atoms with Crippen molar-refractivity contribution in [1.29, 1.82) is 0 Å². The van der Waals surface area contributed by atoms with E-state index in [9.17, 15) is 5.11 Å². The van der Waals surface area contributed by atoms with Gasteiger partial charge in [0.15, 0.2) is 11.6 Å². The molecule has 0 aromatic heterocycles. The lowest BCUT2D eigenvalue weighted by atomic mass is 9.87. The minimum Gasteiger partial charge on any atom is -0.507 e. The Kier molecular flexibility index (Phi) is 6.56. The lowest BCUT2D eigenvalue weighted by Crippen LogP contribution is -2.40. The van der Waals surface area contributed by atoms with E-state index in [-0.39, 0.29) is 11.7 Å². The molecule has 2 aromatic rings. The number of rotatable bonds is 8. The summed E-state index contributed by atoms with van der Waals surface area (Å²) in [5.41, 5.74) is 11.9. The van der Waals surface area contributed by atoms with Gasteiger partial charge in [-0.1, -0.05) is 25.1 Å². The molecule has 5 rings (SSSR count). The number of nitrogen functional groups attached to an aromatic ring is 1. The van der Waals surface area contributed by atoms with Crippen LogP contribution in [0, 0.1) is 5.82 Å². The maximum absolute atomic E-state index is 15.8. The van der Waals surface area contributed by atoms with Gasteiger partial charge in [-0.05, 0) is 67.9 Å². The van der Waals surface area contributed by atoms with Crippen LogP contribution in [0.15, 0.2) is 53.4 Å². The summed E-state index contributed by atoms with van der Waals surface area (Å²) < 4.78 is 27.2. The van der Waals surface area contributed by atoms with Gasteiger partial charge in [0.25, 0.3) is 0 Å². The third-order valence-corrected chi connectivity index (χ3v) is 7.04. The molecule has 0 bridgehead atoms. The summed E-state index contributed by atoms with van der Waals surface area (Å²) in [5, 5.41) is 14.2. The highest BCUT2D eigenvalue weighted by molar-refractivity contribution is 6.02. The van der Waals surface area contributed by atoms with Gasteiger partial charge in [-0.15, -0.1) is 0 Å². The molecule has 0 amide bonds. The van der Waals surface area contributed by atoms with E-state index in [4.69, 9.17) is 15.2 Å². The van der Waals surface area contributed by atoms with E-state index in [1.165, 1.54) is 5.56 Å². The molecule has 1 atom stereocenters. The number of aliphatic hydroxyl groups is 1. The van der Waals surface area contributed by atoms with Crippen LogP contribution in [0.1, 0.15) is 50.7 Å². The van der Waals surface area contributed by atoms with Gasteiger partial charge in [-0.25, -0.2) is 4.39 Å². The fourth-order valence-corrected chi connectivity index (χ4v) is 4.95. The topological polar surface area (TPSA) is 80.0 Å². The highest BCUT2D eigenvalue weighted by Crippen LogP contribution is 2.55. The molecule has 2 aliphatic heterocycles. The van der Waals surface area contributed by atoms with Crippen LogP contribution in [-0.4, -0.2) is 31.4 Å². The zero-order valence-electron chi connectivity index (χ0n) is 21.2. The number of hydrogen-bond donors (Lipinski definition) is 3. The van der Waals surface area contributed by atoms with Crippen molar-refractivity contribution in [1.82, 2.24) is 0 Å². The number of anilines is 3. The van der Waals surface area contributed by atoms with Crippen LogP contribution in [0.5, 0.6) is 11.5 Å². The maximum atomic E-state index is 15.8. The van der Waals surface area contributed by atoms with Crippen molar-refractivity contribution in [2.45, 2.75) is 52.0 Å². The van der Waals surface area contributed by atoms with Gasteiger partial charge in [0, 0.05) is 23.9 Å². The lowest BCUT2D eigenvalue weighted by Gasteiger charge is -2.41. The monoisotopic (exact) mass is 491 g/mol. The zero-order valence-corrected chi connectivity index (χ0v) is 21.2. The first-order valence-electron chi connectivity index (χ1n) is 12.7. The molecule has 1 fully saturated rings. The third-order valence-electron chi connectivity index (χ3n) is 7.04. The van der Waals surface area contributed by atoms with Crippen LogP contribution in [0.2, 0.25) is 0 Å². The summed E-state index contributed by atoms with van der Waals surface area (Å²) in [6, 6.07) is 7.99. The number of benzene rings is 2. The van der Waals surface area contributed by atoms with Crippen LogP contribution < -0.4 is 25.4 Å². The van der Waals surface area contributed by atoms with E-state index in [0.29, 0.717) is 41.5 Å². The smallest absolute Gasteiger partial charge is 0.173 e. The van der Waals surface area contributed by atoms with E-state index >= 15 is 4.39 Å². The van der Waals surface area contributed by atoms with Gasteiger partial charge in [-0.2, -0.15) is 0 Å². The number of nitrogens with zero attached hydrogens (tertiary/aromatic N) is 1. The predicted octanol–water partition coefficient (Wildman–Crippen LogP) is 6.35. The third kappa shape index (κ3) is 4.27. The molecule has 36 heavy (non-hydrogen) atoms. The molecule has 4 N–H and O–H groups in total. The Labute approximate surface area is 211 Å². The van der Waals surface area contributed by atoms with Crippen LogP contribution in [0.3, 0.4) is 0 Å². The average molecular weight is 492 g/mol. The normalized spacial score (nSPS) is 18.9. The first-order chi connectivity index (χ1) is 17.4. The van der Waals surface area contributed by atoms with Crippen molar-refractivity contribution in [2.75, 3.05) is 36.2 Å². The quantitative estimate of drug-likeness (QED) is 0.227. The van der Waals surface area contributed by atoms with E-state index in [2.05, 4.69) is 17.1 Å². The second kappa shape index (κ2) is 9.80. The van der Waals surface area contributed by atoms with Crippen LogP contribution in [0.25, 0.3) is 5.57 Å². The minimum atomic E-state index is -0.510. The summed E-state index contributed by atoms with van der Waals surface area (Å²) >= 11 is 0. The minimum absolute atomic E-state index is 0.0132. The Morgan fingerprint density at radius 3 is 2.72 bits per heavy atom. The second-order valence-electron chi connectivity index (χ2n) is 9.62. The number of nitrogens with one attached hydrogen (secondary N) is 1. The van der Waals surface area contributed by atoms with Crippen molar-refractivity contribution < 1.29 is 19.0 Å². The summed E-state index contributed by atoms with van der Waals surface area (Å²) in [4.78, 5) is 2.08. The number of nitrogens with two attached hydrogens (primary N) is 1. The molecule has 1 saturated carbocycles. The van der Waals surface area contributed by atoms with E-state index < -0.39 is 5.82 Å². The van der Waals surface area contributed by atoms with Crippen LogP contribution in [-0.2, 0) is 6.42 Å². The van der Waals surface area contributed by atoms with Gasteiger partial charge in [0.1, 0.15) is 23.8 Å². The molecule has 1 aliphatic carbocycles. The molecule has 0 spiro atoms. The van der Waals surface area contributed by atoms with Gasteiger partial charge in [0.05, 0.1) is 24.5 Å². The van der Waals surface area contributed by atoms with Crippen molar-refractivity contribution in [2.24, 2.45) is 0 Å². The first-order valence-corrected chi connectivity index (χ1v) is 12.7. The highest BCUT2D eigenvalue weighted by Gasteiger charge is 2.39. The van der Waals surface area contributed by atoms with Gasteiger partial charge < -0.3 is 30.5 Å². The standard InChI is InChI=1S/C29H34FN3O3/c1-4-6-21-22(28(34)19-10-11-19)15-33-17(2)16-36-29-26(24(30)25(31)23(21)27(29)33)32-14-5-7-18-8-12-20(35-3)13-9-18/h6,8-9,12-13,15,17,32,34H,4-5,7,10-11,14,16,31H2,1-3H3. The maximum Gasteiger partial charge on any atom is 0.173 e. The van der Waals surface area contributed by atoms with Crippen LogP contribution in [0.4, 0.5) is 21.5 Å². The van der Waals surface area contributed by atoms with Crippen molar-refractivity contribution in [3.05, 3.63) is 70.4 Å². The SMILES string of the molecule is CCC=C1C(C(O)=C2CC2)=CN2c3c(c(NCCCc4ccc(OC)cc4)c(F)c(N)c31)OCC2C. The molecule has 190 valence electrons. The number of ether oxygens (including phenoxy) is 2. The van der Waals surface area contributed by atoms with Crippen LogP contribution >= 0.6 is 0 Å². The molecule has 1 unspecified atom stereocenters. The summed E-state index contributed by atoms with van der Waals surface area (Å²) in [5.74, 6) is 1.09. The second-order valence-corrected chi connectivity index (χ2v) is 9.62. The van der Waals surface area contributed by atoms with Gasteiger partial charge in [0.2, 0.25) is 0 Å². The fraction of sp³-hybridized carbons (Fsp3) is 0.379. The average Bonchev–Trinajstić information content (AvgIpc) is 3.74. The molecule has 2 aromatic carbocycles. The van der Waals surface area contributed by atoms with Crippen molar-refractivity contribution >= 4 is 22.6 Å². The Bertz CT molecular complexity index is 1260. The molecule has 0 saturated heterocycles. The number of aryl methyl sites for hydroxylation is 1. The van der Waals surface area contributed by atoms with E-state index in [0.717, 1.165) is 54.7 Å². The Morgan fingerprint density at radius 2 is 2.06 bits per heavy atom. The number of allylic oxidation sites excluding steroid dienone is 3. The number of hydrogen-bond acceptors (Lipinski definition) is 6. The van der Waals surface area contributed by atoms with E-state index in [1.807, 2.05) is 43.5 Å². The predicted molar refractivity (Wildman–Crippen MR) is 143 cm³/mol. The molecule has 2 heterocycles. The zero-order chi connectivity index (χ0) is 25.4. The van der Waals surface area contributed by atoms with Gasteiger partial charge >= 0.3 is 0 Å². The largest absolute Gasteiger partial charge is 0.507 e. The highest BCUT2D eigenvalue weighted by atomic mass is 19.1. The summed E-state index contributed by atoms with van der Waals surface area (Å²) in [7, 11) is 1.65. The summed E-state index contributed by atoms with van der Waals surface area (Å²) in [6.07, 6.45) is 8.16. The number of aliphatic hydroxyl groups excluding tert-OH is 1.